The summed E-state index contributed by atoms with van der Waals surface area (Å²) in [6.45, 7) is 9.17. The molecule has 4 aromatic rings. The van der Waals surface area contributed by atoms with Crippen molar-refractivity contribution >= 4 is 39.5 Å². The van der Waals surface area contributed by atoms with Crippen LogP contribution in [0.3, 0.4) is 0 Å². The fraction of sp³-hybridized carbons (Fsp3) is 0.379. The second kappa shape index (κ2) is 10.2. The minimum Gasteiger partial charge on any atom is -0.454 e. The van der Waals surface area contributed by atoms with Crippen LogP contribution < -0.4 is 14.5 Å². The molecule has 2 aromatic heterocycles. The number of ether oxygens (including phenoxy) is 1. The van der Waals surface area contributed by atoms with Crippen molar-refractivity contribution in [3.8, 4) is 11.5 Å². The highest BCUT2D eigenvalue weighted by Crippen LogP contribution is 2.39. The van der Waals surface area contributed by atoms with Gasteiger partial charge in [0.05, 0.1) is 23.3 Å². The van der Waals surface area contributed by atoms with Gasteiger partial charge in [0, 0.05) is 38.1 Å². The number of carbonyl (C=O) groups excluding carboxylic acids is 1. The van der Waals surface area contributed by atoms with E-state index in [9.17, 15) is 4.79 Å². The molecule has 10 heteroatoms. The third-order valence-corrected chi connectivity index (χ3v) is 7.78. The number of rotatable bonds is 6. The summed E-state index contributed by atoms with van der Waals surface area (Å²) in [6, 6.07) is 10.1. The molecule has 4 heterocycles. The van der Waals surface area contributed by atoms with E-state index in [-0.39, 0.29) is 12.1 Å². The number of aromatic amines is 1. The molecule has 2 aromatic carbocycles. The number of benzene rings is 2. The van der Waals surface area contributed by atoms with Crippen molar-refractivity contribution in [2.75, 3.05) is 56.6 Å². The van der Waals surface area contributed by atoms with Gasteiger partial charge >= 0.3 is 0 Å². The molecule has 10 nitrogen and oxygen atoms in total. The molecule has 39 heavy (non-hydrogen) atoms. The lowest BCUT2D eigenvalue weighted by Gasteiger charge is -2.36. The van der Waals surface area contributed by atoms with E-state index in [2.05, 4.69) is 51.6 Å². The summed E-state index contributed by atoms with van der Waals surface area (Å²) in [5.41, 5.74) is 2.71. The molecule has 6 rings (SSSR count). The van der Waals surface area contributed by atoms with Crippen LogP contribution in [0.15, 0.2) is 49.2 Å². The quantitative estimate of drug-likeness (QED) is 0.378. The molecule has 1 N–H and O–H groups in total. The maximum Gasteiger partial charge on any atom is 0.246 e. The molecule has 2 aliphatic heterocycles. The maximum absolute atomic E-state index is 12.2. The number of nitrogens with zero attached hydrogens (tertiary/aromatic N) is 7. The van der Waals surface area contributed by atoms with E-state index in [0.29, 0.717) is 37.9 Å². The predicted molar refractivity (Wildman–Crippen MR) is 153 cm³/mol. The molecular weight excluding hydrogens is 492 g/mol. The molecule has 1 amide bonds. The van der Waals surface area contributed by atoms with Crippen LogP contribution in [0.2, 0.25) is 0 Å². The first-order chi connectivity index (χ1) is 18.9. The minimum absolute atomic E-state index is 0.0340. The van der Waals surface area contributed by atoms with Gasteiger partial charge in [-0.2, -0.15) is 10.1 Å². The van der Waals surface area contributed by atoms with Crippen molar-refractivity contribution in [2.24, 2.45) is 0 Å². The van der Waals surface area contributed by atoms with Crippen LogP contribution in [-0.2, 0) is 4.79 Å². The number of carbonyl (C=O) groups is 1. The van der Waals surface area contributed by atoms with E-state index in [4.69, 9.17) is 14.7 Å². The number of fused-ring (bicyclic) bond motifs is 2. The molecule has 202 valence electrons. The summed E-state index contributed by atoms with van der Waals surface area (Å²) in [4.78, 5) is 31.1. The van der Waals surface area contributed by atoms with Crippen LogP contribution in [0, 0.1) is 6.92 Å². The van der Waals surface area contributed by atoms with Crippen molar-refractivity contribution in [1.29, 1.82) is 0 Å². The molecule has 0 spiro atoms. The van der Waals surface area contributed by atoms with Gasteiger partial charge in [0.2, 0.25) is 11.9 Å². The fourth-order valence-electron chi connectivity index (χ4n) is 5.68. The highest BCUT2D eigenvalue weighted by Gasteiger charge is 2.31. The number of para-hydroxylation sites is 1. The van der Waals surface area contributed by atoms with Gasteiger partial charge in [-0.05, 0) is 63.7 Å². The average molecular weight is 527 g/mol. The lowest BCUT2D eigenvalue weighted by molar-refractivity contribution is -0.126. The Balaban J connectivity index is 1.46. The zero-order chi connectivity index (χ0) is 27.1. The van der Waals surface area contributed by atoms with Gasteiger partial charge in [0.15, 0.2) is 5.75 Å². The number of H-pyrrole nitrogens is 1. The Morgan fingerprint density at radius 1 is 1.10 bits per heavy atom. The molecule has 0 bridgehead atoms. The van der Waals surface area contributed by atoms with Crippen LogP contribution in [-0.4, -0.2) is 88.9 Å². The zero-order valence-corrected chi connectivity index (χ0v) is 22.7. The smallest absolute Gasteiger partial charge is 0.246 e. The van der Waals surface area contributed by atoms with Crippen LogP contribution in [0.4, 0.5) is 11.8 Å². The number of amides is 1. The molecule has 2 fully saturated rings. The summed E-state index contributed by atoms with van der Waals surface area (Å²) in [5.74, 6) is 2.98. The molecule has 0 radical (unpaired) electrons. The van der Waals surface area contributed by atoms with E-state index in [0.717, 1.165) is 58.3 Å². The van der Waals surface area contributed by atoms with Gasteiger partial charge in [-0.15, -0.1) is 0 Å². The van der Waals surface area contributed by atoms with Gasteiger partial charge in [0.25, 0.3) is 0 Å². The number of anilines is 2. The van der Waals surface area contributed by atoms with Crippen LogP contribution in [0.1, 0.15) is 18.4 Å². The summed E-state index contributed by atoms with van der Waals surface area (Å²) in [6.07, 6.45) is 5.56. The Morgan fingerprint density at radius 2 is 1.92 bits per heavy atom. The first-order valence-electron chi connectivity index (χ1n) is 13.4. The van der Waals surface area contributed by atoms with Gasteiger partial charge in [-0.25, -0.2) is 4.98 Å². The Morgan fingerprint density at radius 3 is 2.69 bits per heavy atom. The summed E-state index contributed by atoms with van der Waals surface area (Å²) < 4.78 is 6.63. The van der Waals surface area contributed by atoms with Crippen molar-refractivity contribution < 1.29 is 9.53 Å². The molecule has 2 saturated heterocycles. The zero-order valence-electron chi connectivity index (χ0n) is 22.7. The number of hydrogen-bond donors (Lipinski definition) is 1. The average Bonchev–Trinajstić information content (AvgIpc) is 3.64. The van der Waals surface area contributed by atoms with Crippen molar-refractivity contribution in [2.45, 2.75) is 25.9 Å². The monoisotopic (exact) mass is 526 g/mol. The fourth-order valence-corrected chi connectivity index (χ4v) is 5.68. The Bertz CT molecular complexity index is 1540. The summed E-state index contributed by atoms with van der Waals surface area (Å²) in [7, 11) is 4.20. The van der Waals surface area contributed by atoms with E-state index in [1.54, 1.807) is 6.20 Å². The summed E-state index contributed by atoms with van der Waals surface area (Å²) in [5, 5.41) is 9.10. The van der Waals surface area contributed by atoms with Crippen molar-refractivity contribution in [1.82, 2.24) is 30.0 Å². The predicted octanol–water partition coefficient (Wildman–Crippen LogP) is 3.93. The lowest BCUT2D eigenvalue weighted by Crippen LogP contribution is -2.48. The highest BCUT2D eigenvalue weighted by atomic mass is 16.5. The minimum atomic E-state index is -0.0340. The molecule has 0 saturated carbocycles. The molecule has 1 atom stereocenters. The second-order valence-corrected chi connectivity index (χ2v) is 10.4. The third kappa shape index (κ3) is 4.54. The number of piperazine rings is 1. The van der Waals surface area contributed by atoms with E-state index >= 15 is 0 Å². The summed E-state index contributed by atoms with van der Waals surface area (Å²) >= 11 is 0. The number of nitrogens with one attached hydrogen (secondary N) is 1. The first kappa shape index (κ1) is 25.1. The largest absolute Gasteiger partial charge is 0.454 e. The number of aromatic nitrogens is 4. The number of aryl methyl sites for hydroxylation is 1. The normalized spacial score (nSPS) is 17.9. The van der Waals surface area contributed by atoms with Gasteiger partial charge in [-0.1, -0.05) is 18.7 Å². The van der Waals surface area contributed by atoms with E-state index in [1.807, 2.05) is 36.1 Å². The molecular formula is C29H34N8O2. The van der Waals surface area contributed by atoms with Gasteiger partial charge in [0.1, 0.15) is 17.1 Å². The molecule has 0 unspecified atom stereocenters. The SMILES string of the molecule is C=CC(=O)N1CCN(c2nc(N3CCC[C@H]3N(C)C)nc3c(Oc4c(C)ccc5[nH]ncc45)cccc23)CC1. The lowest BCUT2D eigenvalue weighted by atomic mass is 10.1. The van der Waals surface area contributed by atoms with Crippen LogP contribution >= 0.6 is 0 Å². The van der Waals surface area contributed by atoms with Crippen LogP contribution in [0.5, 0.6) is 11.5 Å². The van der Waals surface area contributed by atoms with Gasteiger partial charge < -0.3 is 19.4 Å². The topological polar surface area (TPSA) is 93.7 Å². The standard InChI is InChI=1S/C29H34N8O2/c1-5-25(38)35-14-16-36(17-15-35)28-20-8-6-9-23(39-27-19(2)11-12-22-21(27)18-30-33-22)26(20)31-29(32-28)37-13-7-10-24(37)34(3)4/h5-6,8-9,11-12,18,24H,1,7,10,13-17H2,2-4H3,(H,30,33)/t24-/m0/s1. The molecule has 2 aliphatic rings. The van der Waals surface area contributed by atoms with Gasteiger partial charge in [-0.3, -0.25) is 14.8 Å². The molecule has 0 aliphatic carbocycles. The Labute approximate surface area is 227 Å². The Hall–Kier alpha value is -4.18. The van der Waals surface area contributed by atoms with E-state index in [1.165, 1.54) is 6.08 Å². The first-order valence-corrected chi connectivity index (χ1v) is 13.4. The number of hydrogen-bond acceptors (Lipinski definition) is 8. The highest BCUT2D eigenvalue weighted by molar-refractivity contribution is 5.95. The Kier molecular flexibility index (Phi) is 6.56. The van der Waals surface area contributed by atoms with Crippen LogP contribution in [0.25, 0.3) is 21.8 Å². The second-order valence-electron chi connectivity index (χ2n) is 10.4. The third-order valence-electron chi connectivity index (χ3n) is 7.78. The van der Waals surface area contributed by atoms with E-state index < -0.39 is 0 Å². The maximum atomic E-state index is 12.2. The van der Waals surface area contributed by atoms with Crippen molar-refractivity contribution in [3.05, 3.63) is 54.7 Å². The van der Waals surface area contributed by atoms with Crippen molar-refractivity contribution in [3.63, 3.8) is 0 Å².